The Morgan fingerprint density at radius 2 is 1.92 bits per heavy atom. The van der Waals surface area contributed by atoms with Crippen LogP contribution in [-0.2, 0) is 0 Å². The van der Waals surface area contributed by atoms with Crippen molar-refractivity contribution >= 4 is 11.7 Å². The van der Waals surface area contributed by atoms with Crippen molar-refractivity contribution in [3.63, 3.8) is 0 Å². The van der Waals surface area contributed by atoms with Crippen molar-refractivity contribution < 1.29 is 18.3 Å². The minimum atomic E-state index is -0.858. The van der Waals surface area contributed by atoms with Crippen LogP contribution in [0, 0.1) is 11.6 Å². The summed E-state index contributed by atoms with van der Waals surface area (Å²) >= 11 is 0. The Balaban J connectivity index is 1.68. The first kappa shape index (κ1) is 18.0. The van der Waals surface area contributed by atoms with Gasteiger partial charge < -0.3 is 14.5 Å². The van der Waals surface area contributed by atoms with Crippen molar-refractivity contribution in [2.45, 2.75) is 18.9 Å². The number of hydrogen-bond donors (Lipinski definition) is 0. The lowest BCUT2D eigenvalue weighted by atomic mass is 10.1. The number of carbonyl (C=O) groups excluding carboxylic acids is 1. The molecule has 0 bridgehead atoms. The van der Waals surface area contributed by atoms with Gasteiger partial charge in [-0.3, -0.25) is 4.79 Å². The molecule has 1 aliphatic heterocycles. The summed E-state index contributed by atoms with van der Waals surface area (Å²) in [4.78, 5) is 15.8. The van der Waals surface area contributed by atoms with E-state index in [4.69, 9.17) is 4.74 Å². The summed E-state index contributed by atoms with van der Waals surface area (Å²) in [6.45, 7) is 0.668. The van der Waals surface area contributed by atoms with Crippen molar-refractivity contribution in [3.8, 4) is 5.88 Å². The molecular weight excluding hydrogens is 342 g/mol. The Morgan fingerprint density at radius 3 is 2.54 bits per heavy atom. The van der Waals surface area contributed by atoms with E-state index in [0.717, 1.165) is 18.6 Å². The molecule has 3 rings (SSSR count). The van der Waals surface area contributed by atoms with Gasteiger partial charge >= 0.3 is 0 Å². The molecule has 2 heterocycles. The number of aromatic nitrogens is 2. The highest BCUT2D eigenvalue weighted by molar-refractivity contribution is 5.94. The maximum atomic E-state index is 13.9. The molecule has 1 aromatic heterocycles. The van der Waals surface area contributed by atoms with E-state index in [1.54, 1.807) is 12.1 Å². The van der Waals surface area contributed by atoms with Gasteiger partial charge in [0.15, 0.2) is 5.82 Å². The largest absolute Gasteiger partial charge is 0.471 e. The normalized spacial score (nSPS) is 17.1. The number of benzene rings is 1. The number of ether oxygens (including phenoxy) is 1. The fraction of sp³-hybridized carbons (Fsp3) is 0.389. The molecule has 1 amide bonds. The average Bonchev–Trinajstić information content (AvgIpc) is 2.62. The summed E-state index contributed by atoms with van der Waals surface area (Å²) in [5.41, 5.74) is -0.525. The highest BCUT2D eigenvalue weighted by atomic mass is 19.1. The predicted octanol–water partition coefficient (Wildman–Crippen LogP) is 2.50. The highest BCUT2D eigenvalue weighted by Gasteiger charge is 2.29. The molecule has 1 aromatic carbocycles. The molecule has 138 valence electrons. The quantitative estimate of drug-likeness (QED) is 0.836. The van der Waals surface area contributed by atoms with Crippen molar-refractivity contribution in [2.75, 3.05) is 32.1 Å². The van der Waals surface area contributed by atoms with Gasteiger partial charge in [-0.15, -0.1) is 10.2 Å². The van der Waals surface area contributed by atoms with Crippen molar-refractivity contribution in [1.29, 1.82) is 0 Å². The first-order valence-corrected chi connectivity index (χ1v) is 8.36. The third-order valence-electron chi connectivity index (χ3n) is 4.21. The number of amides is 1. The minimum Gasteiger partial charge on any atom is -0.471 e. The third kappa shape index (κ3) is 3.89. The highest BCUT2D eigenvalue weighted by Crippen LogP contribution is 2.21. The standard InChI is InChI=1S/C18H20F2N4O2/c1-23(2)15-8-9-16(22-21-15)26-12-5-4-10-24(11-12)18(25)17-13(19)6-3-7-14(17)20/h3,6-9,12H,4-5,10-11H2,1-2H3. The van der Waals surface area contributed by atoms with Gasteiger partial charge in [-0.05, 0) is 31.0 Å². The number of halogens is 2. The lowest BCUT2D eigenvalue weighted by Gasteiger charge is -2.32. The average molecular weight is 362 g/mol. The fourth-order valence-electron chi connectivity index (χ4n) is 2.86. The molecule has 0 aliphatic carbocycles. The van der Waals surface area contributed by atoms with Crippen LogP contribution in [0.2, 0.25) is 0 Å². The first-order valence-electron chi connectivity index (χ1n) is 8.36. The summed E-state index contributed by atoms with van der Waals surface area (Å²) in [6.07, 6.45) is 1.10. The Kier molecular flexibility index (Phi) is 5.29. The molecule has 26 heavy (non-hydrogen) atoms. The van der Waals surface area contributed by atoms with Crippen LogP contribution in [0.1, 0.15) is 23.2 Å². The van der Waals surface area contributed by atoms with Gasteiger partial charge in [0.05, 0.1) is 6.54 Å². The van der Waals surface area contributed by atoms with Gasteiger partial charge in [0, 0.05) is 26.7 Å². The van der Waals surface area contributed by atoms with Gasteiger partial charge in [0.2, 0.25) is 5.88 Å². The van der Waals surface area contributed by atoms with Gasteiger partial charge in [-0.1, -0.05) is 6.07 Å². The van der Waals surface area contributed by atoms with E-state index in [9.17, 15) is 13.6 Å². The molecule has 0 N–H and O–H groups in total. The van der Waals surface area contributed by atoms with Crippen molar-refractivity contribution in [1.82, 2.24) is 15.1 Å². The zero-order valence-electron chi connectivity index (χ0n) is 14.7. The Bertz CT molecular complexity index is 763. The fourth-order valence-corrected chi connectivity index (χ4v) is 2.86. The summed E-state index contributed by atoms with van der Waals surface area (Å²) in [5.74, 6) is -1.32. The van der Waals surface area contributed by atoms with Crippen LogP contribution in [0.3, 0.4) is 0 Å². The van der Waals surface area contributed by atoms with Crippen LogP contribution < -0.4 is 9.64 Å². The number of piperidine rings is 1. The molecule has 1 fully saturated rings. The van der Waals surface area contributed by atoms with E-state index in [1.807, 2.05) is 19.0 Å². The van der Waals surface area contributed by atoms with Gasteiger partial charge in [-0.25, -0.2) is 8.78 Å². The molecular formula is C18H20F2N4O2. The van der Waals surface area contributed by atoms with Crippen molar-refractivity contribution in [3.05, 3.63) is 47.5 Å². The summed E-state index contributed by atoms with van der Waals surface area (Å²) in [7, 11) is 3.72. The maximum Gasteiger partial charge on any atom is 0.259 e. The molecule has 0 saturated carbocycles. The number of carbonyl (C=O) groups is 1. The number of rotatable bonds is 4. The lowest BCUT2D eigenvalue weighted by Crippen LogP contribution is -2.45. The summed E-state index contributed by atoms with van der Waals surface area (Å²) in [6, 6.07) is 6.88. The number of likely N-dealkylation sites (tertiary alicyclic amines) is 1. The minimum absolute atomic E-state index is 0.240. The van der Waals surface area contributed by atoms with Crippen molar-refractivity contribution in [2.24, 2.45) is 0 Å². The number of nitrogens with zero attached hydrogens (tertiary/aromatic N) is 4. The van der Waals surface area contributed by atoms with Crippen LogP contribution in [0.4, 0.5) is 14.6 Å². The summed E-state index contributed by atoms with van der Waals surface area (Å²) in [5, 5.41) is 8.05. The van der Waals surface area contributed by atoms with E-state index in [0.29, 0.717) is 24.7 Å². The third-order valence-corrected chi connectivity index (χ3v) is 4.21. The van der Waals surface area contributed by atoms with E-state index in [2.05, 4.69) is 10.2 Å². The second-order valence-corrected chi connectivity index (χ2v) is 6.35. The second-order valence-electron chi connectivity index (χ2n) is 6.35. The SMILES string of the molecule is CN(C)c1ccc(OC2CCCN(C(=O)c3c(F)cccc3F)C2)nn1. The Hall–Kier alpha value is -2.77. The van der Waals surface area contributed by atoms with Crippen LogP contribution >= 0.6 is 0 Å². The molecule has 1 atom stereocenters. The molecule has 0 radical (unpaired) electrons. The molecule has 1 aliphatic rings. The van der Waals surface area contributed by atoms with Crippen LogP contribution in [0.25, 0.3) is 0 Å². The van der Waals surface area contributed by atoms with Crippen LogP contribution in [-0.4, -0.2) is 54.3 Å². The molecule has 6 nitrogen and oxygen atoms in total. The smallest absolute Gasteiger partial charge is 0.259 e. The zero-order chi connectivity index (χ0) is 18.7. The maximum absolute atomic E-state index is 13.9. The second kappa shape index (κ2) is 7.63. The number of hydrogen-bond acceptors (Lipinski definition) is 5. The monoisotopic (exact) mass is 362 g/mol. The summed E-state index contributed by atoms with van der Waals surface area (Å²) < 4.78 is 33.5. The van der Waals surface area contributed by atoms with E-state index < -0.39 is 23.1 Å². The first-order chi connectivity index (χ1) is 12.5. The molecule has 0 spiro atoms. The topological polar surface area (TPSA) is 58.6 Å². The molecule has 8 heteroatoms. The lowest BCUT2D eigenvalue weighted by molar-refractivity contribution is 0.0517. The van der Waals surface area contributed by atoms with Gasteiger partial charge in [-0.2, -0.15) is 0 Å². The van der Waals surface area contributed by atoms with Gasteiger partial charge in [0.1, 0.15) is 23.3 Å². The molecule has 1 unspecified atom stereocenters. The van der Waals surface area contributed by atoms with Gasteiger partial charge in [0.25, 0.3) is 5.91 Å². The van der Waals surface area contributed by atoms with E-state index >= 15 is 0 Å². The Labute approximate surface area is 150 Å². The predicted molar refractivity (Wildman–Crippen MR) is 92.3 cm³/mol. The van der Waals surface area contributed by atoms with Crippen LogP contribution in [0.5, 0.6) is 5.88 Å². The zero-order valence-corrected chi connectivity index (χ0v) is 14.7. The Morgan fingerprint density at radius 1 is 1.19 bits per heavy atom. The molecule has 2 aromatic rings. The molecule has 1 saturated heterocycles. The number of anilines is 1. The van der Waals surface area contributed by atoms with E-state index in [-0.39, 0.29) is 12.6 Å². The van der Waals surface area contributed by atoms with E-state index in [1.165, 1.54) is 11.0 Å². The van der Waals surface area contributed by atoms with Crippen LogP contribution in [0.15, 0.2) is 30.3 Å².